The number of carbonyl (C=O) groups excluding carboxylic acids is 2. The molecule has 0 unspecified atom stereocenters. The van der Waals surface area contributed by atoms with Gasteiger partial charge in [-0.2, -0.15) is 0 Å². The molecule has 2 saturated heterocycles. The number of methoxy groups -OCH3 is 1. The molecule has 1 amide bonds. The van der Waals surface area contributed by atoms with Gasteiger partial charge in [0.15, 0.2) is 0 Å². The van der Waals surface area contributed by atoms with Gasteiger partial charge in [-0.05, 0) is 62.1 Å². The number of pyridine rings is 1. The maximum absolute atomic E-state index is 13.8. The monoisotopic (exact) mass is 578 g/mol. The van der Waals surface area contributed by atoms with Gasteiger partial charge < -0.3 is 14.4 Å². The van der Waals surface area contributed by atoms with Crippen LogP contribution in [-0.4, -0.2) is 57.3 Å². The van der Waals surface area contributed by atoms with Gasteiger partial charge in [0.1, 0.15) is 21.5 Å². The molecular formula is C29H30N4O5S2. The minimum Gasteiger partial charge on any atom is -0.497 e. The lowest BCUT2D eigenvalue weighted by Crippen LogP contribution is -2.39. The molecule has 2 aliphatic rings. The maximum atomic E-state index is 13.8. The first-order valence-electron chi connectivity index (χ1n) is 13.1. The summed E-state index contributed by atoms with van der Waals surface area (Å²) in [5, 5.41) is 0. The van der Waals surface area contributed by atoms with Crippen LogP contribution in [0.3, 0.4) is 0 Å². The molecule has 0 saturated carbocycles. The normalized spacial score (nSPS) is 17.2. The van der Waals surface area contributed by atoms with Crippen molar-refractivity contribution in [2.75, 3.05) is 31.7 Å². The molecule has 0 N–H and O–H groups in total. The first-order valence-corrected chi connectivity index (χ1v) is 14.3. The standard InChI is InChI=1S/C29H30N4O5S2/c1-4-38-28(36)20-11-14-31(15-12-20)25-22(26(34)32-13-5-6-18(2)24(32)30-25)16-23-27(35)33(29(39)40-23)17-19-7-9-21(37-3)10-8-19/h5-10,13,16,20H,4,11-12,14-15,17H2,1-3H3/b23-16-. The van der Waals surface area contributed by atoms with Crippen molar-refractivity contribution in [3.63, 3.8) is 0 Å². The van der Waals surface area contributed by atoms with E-state index in [2.05, 4.69) is 0 Å². The molecule has 3 aromatic rings. The molecule has 0 aliphatic carbocycles. The number of thioether (sulfide) groups is 1. The summed E-state index contributed by atoms with van der Waals surface area (Å²) in [6.07, 6.45) is 4.49. The molecule has 40 heavy (non-hydrogen) atoms. The Morgan fingerprint density at radius 3 is 2.58 bits per heavy atom. The summed E-state index contributed by atoms with van der Waals surface area (Å²) in [7, 11) is 1.60. The van der Waals surface area contributed by atoms with Crippen LogP contribution in [0.15, 0.2) is 52.3 Å². The molecule has 208 valence electrons. The van der Waals surface area contributed by atoms with Crippen LogP contribution in [0.2, 0.25) is 0 Å². The number of aryl methyl sites for hydroxylation is 1. The fraction of sp³-hybridized carbons (Fsp3) is 0.345. The Bertz CT molecular complexity index is 1560. The number of esters is 1. The molecule has 1 aromatic carbocycles. The number of anilines is 1. The van der Waals surface area contributed by atoms with Crippen LogP contribution in [0.5, 0.6) is 5.75 Å². The van der Waals surface area contributed by atoms with Gasteiger partial charge in [0.2, 0.25) is 0 Å². The number of nitrogens with zero attached hydrogens (tertiary/aromatic N) is 4. The van der Waals surface area contributed by atoms with E-state index in [4.69, 9.17) is 26.7 Å². The predicted molar refractivity (Wildman–Crippen MR) is 159 cm³/mol. The number of aromatic nitrogens is 2. The third-order valence-electron chi connectivity index (χ3n) is 7.13. The summed E-state index contributed by atoms with van der Waals surface area (Å²) in [4.78, 5) is 48.4. The third-order valence-corrected chi connectivity index (χ3v) is 8.51. The van der Waals surface area contributed by atoms with Gasteiger partial charge in [-0.15, -0.1) is 0 Å². The zero-order valence-electron chi connectivity index (χ0n) is 22.6. The van der Waals surface area contributed by atoms with Crippen LogP contribution >= 0.6 is 24.0 Å². The Balaban J connectivity index is 1.49. The second-order valence-electron chi connectivity index (χ2n) is 9.67. The number of rotatable bonds is 7. The van der Waals surface area contributed by atoms with Crippen molar-refractivity contribution in [3.05, 3.63) is 74.5 Å². The number of hydrogen-bond donors (Lipinski definition) is 0. The number of benzene rings is 1. The number of fused-ring (bicyclic) bond motifs is 1. The highest BCUT2D eigenvalue weighted by Gasteiger charge is 2.34. The van der Waals surface area contributed by atoms with Gasteiger partial charge in [0, 0.05) is 19.3 Å². The molecule has 0 atom stereocenters. The van der Waals surface area contributed by atoms with E-state index in [1.54, 1.807) is 32.4 Å². The number of piperidine rings is 1. The Morgan fingerprint density at radius 1 is 1.18 bits per heavy atom. The van der Waals surface area contributed by atoms with Gasteiger partial charge >= 0.3 is 5.97 Å². The number of hydrogen-bond acceptors (Lipinski definition) is 9. The van der Waals surface area contributed by atoms with Crippen LogP contribution in [0, 0.1) is 12.8 Å². The van der Waals surface area contributed by atoms with Crippen molar-refractivity contribution in [2.24, 2.45) is 5.92 Å². The van der Waals surface area contributed by atoms with E-state index in [-0.39, 0.29) is 23.4 Å². The highest BCUT2D eigenvalue weighted by molar-refractivity contribution is 8.26. The molecule has 0 bridgehead atoms. The molecule has 2 aromatic heterocycles. The molecule has 5 rings (SSSR count). The molecule has 2 aliphatic heterocycles. The summed E-state index contributed by atoms with van der Waals surface area (Å²) in [6, 6.07) is 11.2. The van der Waals surface area contributed by atoms with Gasteiger partial charge in [-0.1, -0.05) is 42.2 Å². The van der Waals surface area contributed by atoms with Crippen LogP contribution in [0.1, 0.15) is 36.5 Å². The van der Waals surface area contributed by atoms with Gasteiger partial charge in [-0.25, -0.2) is 4.98 Å². The number of ether oxygens (including phenoxy) is 2. The topological polar surface area (TPSA) is 93.5 Å². The third kappa shape index (κ3) is 5.48. The van der Waals surface area contributed by atoms with Gasteiger partial charge in [-0.3, -0.25) is 23.7 Å². The number of amides is 1. The molecule has 0 spiro atoms. The van der Waals surface area contributed by atoms with E-state index in [9.17, 15) is 14.4 Å². The van der Waals surface area contributed by atoms with Crippen molar-refractivity contribution in [1.29, 1.82) is 0 Å². The lowest BCUT2D eigenvalue weighted by Gasteiger charge is -2.32. The Morgan fingerprint density at radius 2 is 1.90 bits per heavy atom. The largest absolute Gasteiger partial charge is 0.497 e. The van der Waals surface area contributed by atoms with E-state index in [1.165, 1.54) is 21.1 Å². The van der Waals surface area contributed by atoms with Crippen molar-refractivity contribution in [3.8, 4) is 5.75 Å². The number of carbonyl (C=O) groups is 2. The quantitative estimate of drug-likeness (QED) is 0.232. The van der Waals surface area contributed by atoms with Crippen molar-refractivity contribution in [1.82, 2.24) is 14.3 Å². The molecule has 9 nitrogen and oxygen atoms in total. The summed E-state index contributed by atoms with van der Waals surface area (Å²) in [6.45, 7) is 5.45. The SMILES string of the molecule is CCOC(=O)C1CCN(c2nc3c(C)cccn3c(=O)c2/C=C2\SC(=S)N(Cc3ccc(OC)cc3)C2=O)CC1. The zero-order chi connectivity index (χ0) is 28.4. The van der Waals surface area contributed by atoms with E-state index >= 15 is 0 Å². The van der Waals surface area contributed by atoms with Crippen molar-refractivity contribution in [2.45, 2.75) is 33.2 Å². The van der Waals surface area contributed by atoms with Crippen molar-refractivity contribution < 1.29 is 19.1 Å². The minimum atomic E-state index is -0.267. The fourth-order valence-corrected chi connectivity index (χ4v) is 6.17. The summed E-state index contributed by atoms with van der Waals surface area (Å²) in [5.41, 5.74) is 2.38. The van der Waals surface area contributed by atoms with Crippen LogP contribution in [0.25, 0.3) is 11.7 Å². The highest BCUT2D eigenvalue weighted by atomic mass is 32.2. The van der Waals surface area contributed by atoms with Crippen LogP contribution in [-0.2, 0) is 20.9 Å². The summed E-state index contributed by atoms with van der Waals surface area (Å²) >= 11 is 6.73. The lowest BCUT2D eigenvalue weighted by atomic mass is 9.96. The average molecular weight is 579 g/mol. The average Bonchev–Trinajstić information content (AvgIpc) is 3.22. The maximum Gasteiger partial charge on any atom is 0.309 e. The van der Waals surface area contributed by atoms with Gasteiger partial charge in [0.25, 0.3) is 11.5 Å². The number of thiocarbonyl (C=S) groups is 1. The summed E-state index contributed by atoms with van der Waals surface area (Å²) < 4.78 is 12.4. The predicted octanol–water partition coefficient (Wildman–Crippen LogP) is 4.19. The minimum absolute atomic E-state index is 0.183. The fourth-order valence-electron chi connectivity index (χ4n) is 4.94. The first kappa shape index (κ1) is 27.9. The Labute approximate surface area is 241 Å². The highest BCUT2D eigenvalue weighted by Crippen LogP contribution is 2.35. The van der Waals surface area contributed by atoms with E-state index in [0.717, 1.165) is 16.9 Å². The first-order chi connectivity index (χ1) is 19.3. The van der Waals surface area contributed by atoms with Gasteiger partial charge in [0.05, 0.1) is 36.6 Å². The molecule has 0 radical (unpaired) electrons. The second-order valence-corrected chi connectivity index (χ2v) is 11.3. The van der Waals surface area contributed by atoms with E-state index in [1.807, 2.05) is 42.2 Å². The molecule has 4 heterocycles. The Hall–Kier alpha value is -3.70. The zero-order valence-corrected chi connectivity index (χ0v) is 24.2. The molecule has 2 fully saturated rings. The van der Waals surface area contributed by atoms with E-state index < -0.39 is 0 Å². The lowest BCUT2D eigenvalue weighted by molar-refractivity contribution is -0.148. The molecular weight excluding hydrogens is 548 g/mol. The van der Waals surface area contributed by atoms with E-state index in [0.29, 0.717) is 65.3 Å². The van der Waals surface area contributed by atoms with Crippen LogP contribution in [0.4, 0.5) is 5.82 Å². The second kappa shape index (κ2) is 11.8. The van der Waals surface area contributed by atoms with Crippen molar-refractivity contribution >= 4 is 57.7 Å². The van der Waals surface area contributed by atoms with Crippen LogP contribution < -0.4 is 15.2 Å². The smallest absolute Gasteiger partial charge is 0.309 e. The Kier molecular flexibility index (Phi) is 8.22. The summed E-state index contributed by atoms with van der Waals surface area (Å²) in [5.74, 6) is 0.600. The molecule has 11 heteroatoms.